The first-order valence-corrected chi connectivity index (χ1v) is 13.1. The topological polar surface area (TPSA) is 76.6 Å². The average molecular weight is 576 g/mol. The first-order chi connectivity index (χ1) is 20.3. The Labute approximate surface area is 237 Å². The van der Waals surface area contributed by atoms with E-state index in [1.807, 2.05) is 6.07 Å². The van der Waals surface area contributed by atoms with Crippen LogP contribution in [0.5, 0.6) is 6.01 Å². The van der Waals surface area contributed by atoms with Crippen LogP contribution in [-0.4, -0.2) is 26.2 Å². The highest BCUT2D eigenvalue weighted by molar-refractivity contribution is 5.77. The molecule has 2 heterocycles. The maximum atomic E-state index is 15.4. The molecule has 0 atom stereocenters. The van der Waals surface area contributed by atoms with E-state index in [0.717, 1.165) is 18.2 Å². The third kappa shape index (κ3) is 5.28. The molecule has 3 aromatic carbocycles. The maximum absolute atomic E-state index is 15.4. The highest BCUT2D eigenvalue weighted by Crippen LogP contribution is 2.48. The summed E-state index contributed by atoms with van der Waals surface area (Å²) >= 11 is 0. The molecule has 0 unspecified atom stereocenters. The molecule has 0 saturated heterocycles. The van der Waals surface area contributed by atoms with Crippen molar-refractivity contribution in [1.29, 1.82) is 5.26 Å². The average Bonchev–Trinajstić information content (AvgIpc) is 3.69. The van der Waals surface area contributed by atoms with Crippen LogP contribution in [0.25, 0.3) is 22.3 Å². The third-order valence-corrected chi connectivity index (χ3v) is 7.48. The van der Waals surface area contributed by atoms with Gasteiger partial charge in [0.25, 0.3) is 0 Å². The molecule has 1 aliphatic rings. The summed E-state index contributed by atoms with van der Waals surface area (Å²) in [6.45, 7) is -0.523. The van der Waals surface area contributed by atoms with Crippen molar-refractivity contribution in [2.45, 2.75) is 32.4 Å². The second-order valence-corrected chi connectivity index (χ2v) is 10.4. The van der Waals surface area contributed by atoms with Gasteiger partial charge in [-0.05, 0) is 60.9 Å². The molecule has 11 heteroatoms. The number of nitrogens with zero attached hydrogens (tertiary/aromatic N) is 5. The number of nitriles is 1. The number of benzene rings is 3. The fraction of sp³-hybridized carbons (Fsp3) is 0.226. The summed E-state index contributed by atoms with van der Waals surface area (Å²) in [5.41, 5.74) is 0.200. The molecule has 1 fully saturated rings. The normalized spacial score (nSPS) is 13.7. The van der Waals surface area contributed by atoms with Crippen LogP contribution in [0.3, 0.4) is 0 Å². The van der Waals surface area contributed by atoms with E-state index in [-0.39, 0.29) is 59.0 Å². The summed E-state index contributed by atoms with van der Waals surface area (Å²) in [5.74, 6) is -2.40. The van der Waals surface area contributed by atoms with Gasteiger partial charge in [-0.1, -0.05) is 12.1 Å². The molecule has 6 rings (SSSR count). The van der Waals surface area contributed by atoms with Crippen LogP contribution in [0.2, 0.25) is 0 Å². The highest BCUT2D eigenvalue weighted by Gasteiger charge is 2.44. The van der Waals surface area contributed by atoms with Crippen molar-refractivity contribution in [3.8, 4) is 23.3 Å². The van der Waals surface area contributed by atoms with Crippen molar-refractivity contribution in [1.82, 2.24) is 19.5 Å². The summed E-state index contributed by atoms with van der Waals surface area (Å²) in [6, 6.07) is 13.4. The Morgan fingerprint density at radius 3 is 2.45 bits per heavy atom. The maximum Gasteiger partial charge on any atom is 0.317 e. The highest BCUT2D eigenvalue weighted by atomic mass is 19.1. The van der Waals surface area contributed by atoms with Gasteiger partial charge in [0.1, 0.15) is 35.4 Å². The zero-order chi connectivity index (χ0) is 29.4. The molecule has 5 aromatic rings. The molecule has 1 aliphatic carbocycles. The minimum absolute atomic E-state index is 0.0138. The van der Waals surface area contributed by atoms with Crippen molar-refractivity contribution in [3.63, 3.8) is 0 Å². The molecule has 0 amide bonds. The van der Waals surface area contributed by atoms with E-state index >= 15 is 8.78 Å². The van der Waals surface area contributed by atoms with Crippen LogP contribution in [0.1, 0.15) is 35.4 Å². The molecule has 0 aliphatic heterocycles. The minimum atomic E-state index is -0.773. The predicted molar refractivity (Wildman–Crippen MR) is 143 cm³/mol. The standard InChI is InChI=1S/C31H22F5N5O/c32-16-31(7-8-31)17-41-27-3-1-2-22(33)29(27)40-28(41)12-20-11-25(36)21(13-24(20)35)26-6-9-38-30(39-26)42-15-19-5-4-18(14-37)10-23(19)34/h1-6,9-11,13H,7-8,12,15-17H2. The summed E-state index contributed by atoms with van der Waals surface area (Å²) in [5, 5.41) is 8.88. The molecule has 0 spiro atoms. The van der Waals surface area contributed by atoms with Gasteiger partial charge < -0.3 is 9.30 Å². The van der Waals surface area contributed by atoms with Crippen LogP contribution < -0.4 is 4.74 Å². The Kier molecular flexibility index (Phi) is 7.06. The van der Waals surface area contributed by atoms with Gasteiger partial charge in [0, 0.05) is 35.7 Å². The molecule has 0 radical (unpaired) electrons. The number of halogens is 5. The van der Waals surface area contributed by atoms with Gasteiger partial charge in [0.2, 0.25) is 0 Å². The van der Waals surface area contributed by atoms with Crippen molar-refractivity contribution in [3.05, 3.63) is 107 Å². The quantitative estimate of drug-likeness (QED) is 0.180. The van der Waals surface area contributed by atoms with E-state index in [1.165, 1.54) is 36.5 Å². The van der Waals surface area contributed by atoms with E-state index in [0.29, 0.717) is 24.2 Å². The number of alkyl halides is 1. The van der Waals surface area contributed by atoms with Crippen LogP contribution in [0.4, 0.5) is 22.0 Å². The molecular weight excluding hydrogens is 553 g/mol. The Balaban J connectivity index is 1.26. The third-order valence-electron chi connectivity index (χ3n) is 7.48. The van der Waals surface area contributed by atoms with E-state index in [4.69, 9.17) is 10.00 Å². The smallest absolute Gasteiger partial charge is 0.317 e. The van der Waals surface area contributed by atoms with Crippen LogP contribution in [0.15, 0.2) is 60.8 Å². The first kappa shape index (κ1) is 27.3. The molecule has 1 saturated carbocycles. The summed E-state index contributed by atoms with van der Waals surface area (Å²) in [7, 11) is 0. The SMILES string of the molecule is N#Cc1ccc(COc2nccc(-c3cc(F)c(Cc4nc5c(F)cccc5n4CC4(CF)CC4)cc3F)n2)c(F)c1. The number of aromatic nitrogens is 4. The van der Waals surface area contributed by atoms with Gasteiger partial charge >= 0.3 is 6.01 Å². The van der Waals surface area contributed by atoms with Crippen molar-refractivity contribution in [2.24, 2.45) is 5.41 Å². The molecule has 212 valence electrons. The van der Waals surface area contributed by atoms with Crippen LogP contribution in [-0.2, 0) is 19.6 Å². The monoisotopic (exact) mass is 575 g/mol. The lowest BCUT2D eigenvalue weighted by Gasteiger charge is -2.16. The fourth-order valence-electron chi connectivity index (χ4n) is 4.85. The van der Waals surface area contributed by atoms with Crippen molar-refractivity contribution < 1.29 is 26.7 Å². The number of imidazole rings is 1. The minimum Gasteiger partial charge on any atom is -0.458 e. The van der Waals surface area contributed by atoms with Crippen LogP contribution in [0, 0.1) is 40.0 Å². The van der Waals surface area contributed by atoms with Crippen LogP contribution >= 0.6 is 0 Å². The van der Waals surface area contributed by atoms with Gasteiger partial charge in [0.15, 0.2) is 5.82 Å². The van der Waals surface area contributed by atoms with Crippen molar-refractivity contribution in [2.75, 3.05) is 6.67 Å². The van der Waals surface area contributed by atoms with E-state index in [9.17, 15) is 13.2 Å². The lowest BCUT2D eigenvalue weighted by Crippen LogP contribution is -2.16. The van der Waals surface area contributed by atoms with Crippen molar-refractivity contribution >= 4 is 11.0 Å². The zero-order valence-electron chi connectivity index (χ0n) is 22.1. The molecule has 0 N–H and O–H groups in total. The first-order valence-electron chi connectivity index (χ1n) is 13.1. The number of fused-ring (bicyclic) bond motifs is 1. The Bertz CT molecular complexity index is 1860. The van der Waals surface area contributed by atoms with E-state index in [2.05, 4.69) is 15.0 Å². The second kappa shape index (κ2) is 10.9. The summed E-state index contributed by atoms with van der Waals surface area (Å²) < 4.78 is 80.3. The van der Waals surface area contributed by atoms with E-state index in [1.54, 1.807) is 10.6 Å². The second-order valence-electron chi connectivity index (χ2n) is 10.4. The van der Waals surface area contributed by atoms with Gasteiger partial charge in [-0.25, -0.2) is 27.5 Å². The lowest BCUT2D eigenvalue weighted by atomic mass is 10.0. The molecule has 42 heavy (non-hydrogen) atoms. The Morgan fingerprint density at radius 2 is 1.71 bits per heavy atom. The Hall–Kier alpha value is -4.85. The lowest BCUT2D eigenvalue weighted by molar-refractivity contribution is 0.275. The Morgan fingerprint density at radius 1 is 0.905 bits per heavy atom. The largest absolute Gasteiger partial charge is 0.458 e. The van der Waals surface area contributed by atoms with E-state index < -0.39 is 35.4 Å². The number of hydrogen-bond acceptors (Lipinski definition) is 5. The number of para-hydroxylation sites is 1. The fourth-order valence-corrected chi connectivity index (χ4v) is 4.85. The summed E-state index contributed by atoms with van der Waals surface area (Å²) in [6.07, 6.45) is 2.52. The molecular formula is C31H22F5N5O. The number of hydrogen-bond donors (Lipinski definition) is 0. The molecule has 6 nitrogen and oxygen atoms in total. The molecule has 0 bridgehead atoms. The van der Waals surface area contributed by atoms with Gasteiger partial charge in [-0.2, -0.15) is 10.2 Å². The summed E-state index contributed by atoms with van der Waals surface area (Å²) in [4.78, 5) is 12.5. The number of rotatable bonds is 9. The van der Waals surface area contributed by atoms with Gasteiger partial charge in [0.05, 0.1) is 29.5 Å². The molecule has 2 aromatic heterocycles. The van der Waals surface area contributed by atoms with Gasteiger partial charge in [-0.3, -0.25) is 4.39 Å². The predicted octanol–water partition coefficient (Wildman–Crippen LogP) is 6.84. The zero-order valence-corrected chi connectivity index (χ0v) is 22.1. The number of ether oxygens (including phenoxy) is 1. The van der Waals surface area contributed by atoms with Gasteiger partial charge in [-0.15, -0.1) is 0 Å².